The number of carbonyl (C=O) groups excluding carboxylic acids is 1. The summed E-state index contributed by atoms with van der Waals surface area (Å²) in [5.41, 5.74) is 2.95. The highest BCUT2D eigenvalue weighted by Gasteiger charge is 2.25. The third-order valence-corrected chi connectivity index (χ3v) is 5.10. The van der Waals surface area contributed by atoms with Crippen molar-refractivity contribution in [1.82, 2.24) is 14.7 Å². The summed E-state index contributed by atoms with van der Waals surface area (Å²) < 4.78 is 14.8. The molecule has 0 unspecified atom stereocenters. The average Bonchev–Trinajstić information content (AvgIpc) is 3.10. The van der Waals surface area contributed by atoms with Gasteiger partial charge in [-0.1, -0.05) is 17.7 Å². The van der Waals surface area contributed by atoms with Gasteiger partial charge in [-0.2, -0.15) is 5.10 Å². The maximum Gasteiger partial charge on any atom is 0.272 e. The lowest BCUT2D eigenvalue weighted by atomic mass is 10.2. The third-order valence-electron chi connectivity index (χ3n) is 4.86. The van der Waals surface area contributed by atoms with E-state index < -0.39 is 0 Å². The summed E-state index contributed by atoms with van der Waals surface area (Å²) in [6, 6.07) is 15.5. The summed E-state index contributed by atoms with van der Waals surface area (Å²) in [6.07, 6.45) is 0. The van der Waals surface area contributed by atoms with Crippen molar-refractivity contribution < 1.29 is 9.18 Å². The van der Waals surface area contributed by atoms with Crippen LogP contribution < -0.4 is 4.90 Å². The van der Waals surface area contributed by atoms with Gasteiger partial charge in [-0.25, -0.2) is 9.07 Å². The normalized spacial score (nSPS) is 14.4. The van der Waals surface area contributed by atoms with Gasteiger partial charge in [0.15, 0.2) is 0 Å². The first-order valence-electron chi connectivity index (χ1n) is 9.14. The Hall–Kier alpha value is -2.86. The fourth-order valence-corrected chi connectivity index (χ4v) is 3.62. The number of aryl methyl sites for hydroxylation is 1. The minimum absolute atomic E-state index is 0.0735. The van der Waals surface area contributed by atoms with Crippen molar-refractivity contribution in [3.05, 3.63) is 76.8 Å². The topological polar surface area (TPSA) is 41.4 Å². The van der Waals surface area contributed by atoms with E-state index in [0.717, 1.165) is 24.5 Å². The number of aromatic nitrogens is 2. The number of rotatable bonds is 3. The van der Waals surface area contributed by atoms with Crippen LogP contribution in [0.2, 0.25) is 5.02 Å². The summed E-state index contributed by atoms with van der Waals surface area (Å²) in [6.45, 7) is 4.53. The molecule has 2 heterocycles. The molecule has 1 aliphatic rings. The monoisotopic (exact) mass is 398 g/mol. The van der Waals surface area contributed by atoms with Crippen LogP contribution >= 0.6 is 11.6 Å². The van der Waals surface area contributed by atoms with E-state index in [1.165, 1.54) is 12.1 Å². The molecule has 0 spiro atoms. The lowest BCUT2D eigenvalue weighted by Gasteiger charge is -2.36. The highest BCUT2D eigenvalue weighted by atomic mass is 35.5. The van der Waals surface area contributed by atoms with Crippen LogP contribution in [0.1, 0.15) is 16.2 Å². The number of nitrogens with zero attached hydrogens (tertiary/aromatic N) is 4. The molecule has 5 nitrogen and oxygen atoms in total. The lowest BCUT2D eigenvalue weighted by Crippen LogP contribution is -2.49. The Morgan fingerprint density at radius 2 is 1.71 bits per heavy atom. The predicted molar refractivity (Wildman–Crippen MR) is 108 cm³/mol. The van der Waals surface area contributed by atoms with Crippen LogP contribution in [0.25, 0.3) is 5.69 Å². The fraction of sp³-hybridized carbons (Fsp3) is 0.238. The molecule has 1 saturated heterocycles. The van der Waals surface area contributed by atoms with E-state index >= 15 is 0 Å². The zero-order valence-electron chi connectivity index (χ0n) is 15.5. The second kappa shape index (κ2) is 7.64. The molecule has 0 N–H and O–H groups in total. The van der Waals surface area contributed by atoms with Gasteiger partial charge < -0.3 is 9.80 Å². The van der Waals surface area contributed by atoms with Gasteiger partial charge in [0, 0.05) is 36.9 Å². The van der Waals surface area contributed by atoms with Crippen molar-refractivity contribution in [2.75, 3.05) is 31.1 Å². The Balaban J connectivity index is 1.51. The Kier molecular flexibility index (Phi) is 5.05. The van der Waals surface area contributed by atoms with Gasteiger partial charge in [0.1, 0.15) is 11.5 Å². The lowest BCUT2D eigenvalue weighted by molar-refractivity contribution is 0.0737. The maximum absolute atomic E-state index is 13.2. The second-order valence-corrected chi connectivity index (χ2v) is 7.25. The van der Waals surface area contributed by atoms with E-state index in [1.807, 2.05) is 36.1 Å². The van der Waals surface area contributed by atoms with Gasteiger partial charge >= 0.3 is 0 Å². The fourth-order valence-electron chi connectivity index (χ4n) is 3.43. The first-order valence-corrected chi connectivity index (χ1v) is 9.51. The Morgan fingerprint density at radius 3 is 2.39 bits per heavy atom. The minimum Gasteiger partial charge on any atom is -0.368 e. The minimum atomic E-state index is -0.322. The number of benzene rings is 2. The number of piperazine rings is 1. The molecule has 0 aliphatic carbocycles. The van der Waals surface area contributed by atoms with E-state index in [1.54, 1.807) is 22.9 Å². The van der Waals surface area contributed by atoms with E-state index in [2.05, 4.69) is 10.00 Å². The third kappa shape index (κ3) is 3.73. The molecule has 1 fully saturated rings. The summed E-state index contributed by atoms with van der Waals surface area (Å²) >= 11 is 6.09. The molecule has 4 rings (SSSR count). The SMILES string of the molecule is Cc1cc(C(=O)N2CCN(c3cccc(Cl)c3)CC2)n(-c2ccc(F)cc2)n1. The number of anilines is 1. The molecule has 0 radical (unpaired) electrons. The molecule has 0 bridgehead atoms. The first-order chi connectivity index (χ1) is 13.5. The molecule has 0 saturated carbocycles. The van der Waals surface area contributed by atoms with Crippen molar-refractivity contribution in [1.29, 1.82) is 0 Å². The highest BCUT2D eigenvalue weighted by Crippen LogP contribution is 2.22. The second-order valence-electron chi connectivity index (χ2n) is 6.82. The molecular weight excluding hydrogens is 379 g/mol. The number of amides is 1. The summed E-state index contributed by atoms with van der Waals surface area (Å²) in [7, 11) is 0. The Labute approximate surface area is 167 Å². The molecule has 144 valence electrons. The number of carbonyl (C=O) groups is 1. The zero-order valence-corrected chi connectivity index (χ0v) is 16.2. The van der Waals surface area contributed by atoms with Gasteiger partial charge in [0.2, 0.25) is 0 Å². The van der Waals surface area contributed by atoms with E-state index in [0.29, 0.717) is 29.5 Å². The van der Waals surface area contributed by atoms with Crippen molar-refractivity contribution in [3.63, 3.8) is 0 Å². The van der Waals surface area contributed by atoms with Crippen LogP contribution in [0.15, 0.2) is 54.6 Å². The largest absolute Gasteiger partial charge is 0.368 e. The molecule has 3 aromatic rings. The van der Waals surface area contributed by atoms with Crippen LogP contribution in [0.4, 0.5) is 10.1 Å². The molecule has 1 aliphatic heterocycles. The predicted octanol–water partition coefficient (Wildman–Crippen LogP) is 3.94. The number of halogens is 2. The van der Waals surface area contributed by atoms with Gasteiger partial charge in [-0.05, 0) is 55.5 Å². The van der Waals surface area contributed by atoms with Gasteiger partial charge in [0.25, 0.3) is 5.91 Å². The van der Waals surface area contributed by atoms with Gasteiger partial charge in [0.05, 0.1) is 11.4 Å². The smallest absolute Gasteiger partial charge is 0.272 e. The van der Waals surface area contributed by atoms with Crippen LogP contribution in [0, 0.1) is 12.7 Å². The van der Waals surface area contributed by atoms with E-state index in [9.17, 15) is 9.18 Å². The number of hydrogen-bond acceptors (Lipinski definition) is 3. The maximum atomic E-state index is 13.2. The van der Waals surface area contributed by atoms with Gasteiger partial charge in [-0.15, -0.1) is 0 Å². The molecule has 7 heteroatoms. The zero-order chi connectivity index (χ0) is 19.7. The van der Waals surface area contributed by atoms with Crippen molar-refractivity contribution >= 4 is 23.2 Å². The van der Waals surface area contributed by atoms with Crippen molar-refractivity contribution in [3.8, 4) is 5.69 Å². The average molecular weight is 399 g/mol. The van der Waals surface area contributed by atoms with Crippen LogP contribution in [-0.2, 0) is 0 Å². The van der Waals surface area contributed by atoms with Gasteiger partial charge in [-0.3, -0.25) is 4.79 Å². The standard InChI is InChI=1S/C21H20ClFN4O/c1-15-13-20(27(24-15)18-7-5-17(23)6-8-18)21(28)26-11-9-25(10-12-26)19-4-2-3-16(22)14-19/h2-8,13-14H,9-12H2,1H3. The molecule has 1 amide bonds. The van der Waals surface area contributed by atoms with Crippen LogP contribution in [0.5, 0.6) is 0 Å². The molecule has 28 heavy (non-hydrogen) atoms. The Morgan fingerprint density at radius 1 is 1.00 bits per heavy atom. The van der Waals surface area contributed by atoms with Crippen LogP contribution in [0.3, 0.4) is 0 Å². The molecule has 0 atom stereocenters. The molecular formula is C21H20ClFN4O. The quantitative estimate of drug-likeness (QED) is 0.671. The van der Waals surface area contributed by atoms with Crippen LogP contribution in [-0.4, -0.2) is 46.8 Å². The highest BCUT2D eigenvalue weighted by molar-refractivity contribution is 6.30. The van der Waals surface area contributed by atoms with E-state index in [-0.39, 0.29) is 11.7 Å². The van der Waals surface area contributed by atoms with Crippen molar-refractivity contribution in [2.45, 2.75) is 6.92 Å². The summed E-state index contributed by atoms with van der Waals surface area (Å²) in [5.74, 6) is -0.395. The van der Waals surface area contributed by atoms with Crippen molar-refractivity contribution in [2.24, 2.45) is 0 Å². The summed E-state index contributed by atoms with van der Waals surface area (Å²) in [5, 5.41) is 5.12. The summed E-state index contributed by atoms with van der Waals surface area (Å²) in [4.78, 5) is 17.2. The molecule has 1 aromatic heterocycles. The van der Waals surface area contributed by atoms with E-state index in [4.69, 9.17) is 11.6 Å². The first kappa shape index (κ1) is 18.5. The molecule has 2 aromatic carbocycles. The Bertz CT molecular complexity index is 994. The number of hydrogen-bond donors (Lipinski definition) is 0.